The number of alkyl carbamates (subject to hydrolysis) is 1. The van der Waals surface area contributed by atoms with Crippen LogP contribution in [-0.4, -0.2) is 37.1 Å². The molecule has 1 aromatic rings. The zero-order chi connectivity index (χ0) is 21.2. The number of aliphatic hydroxyl groups is 1. The number of carbonyl (C=O) groups excluding carboxylic acids is 1. The minimum absolute atomic E-state index is 0.0215. The molecular weight excluding hydrogens is 364 g/mol. The van der Waals surface area contributed by atoms with Gasteiger partial charge in [0.15, 0.2) is 0 Å². The number of carbonyl (C=O) groups is 1. The van der Waals surface area contributed by atoms with Crippen LogP contribution in [0.3, 0.4) is 0 Å². The minimum atomic E-state index is -0.498. The number of hydrogen-bond acceptors (Lipinski definition) is 4. The highest BCUT2D eigenvalue weighted by molar-refractivity contribution is 5.67. The Labute approximate surface area is 177 Å². The molecule has 3 N–H and O–H groups in total. The normalized spacial score (nSPS) is 13.1. The second-order valence-corrected chi connectivity index (χ2v) is 7.95. The van der Waals surface area contributed by atoms with E-state index in [0.29, 0.717) is 5.92 Å². The molecule has 0 heterocycles. The smallest absolute Gasteiger partial charge is 0.408 e. The van der Waals surface area contributed by atoms with Crippen LogP contribution in [0.1, 0.15) is 77.2 Å². The van der Waals surface area contributed by atoms with E-state index in [1.54, 1.807) is 0 Å². The third kappa shape index (κ3) is 14.1. The number of unbranched alkanes of at least 4 members (excludes halogenated alkanes) is 7. The number of ether oxygens (including phenoxy) is 1. The zero-order valence-corrected chi connectivity index (χ0v) is 18.5. The Morgan fingerprint density at radius 2 is 1.69 bits per heavy atom. The molecule has 0 saturated carbocycles. The summed E-state index contributed by atoms with van der Waals surface area (Å²) in [6.07, 6.45) is 12.3. The zero-order valence-electron chi connectivity index (χ0n) is 18.5. The monoisotopic (exact) mass is 406 g/mol. The summed E-state index contributed by atoms with van der Waals surface area (Å²) < 4.78 is 4.85. The van der Waals surface area contributed by atoms with Crippen LogP contribution in [0, 0.1) is 5.92 Å². The van der Waals surface area contributed by atoms with E-state index in [1.165, 1.54) is 63.4 Å². The van der Waals surface area contributed by atoms with Crippen molar-refractivity contribution in [3.8, 4) is 0 Å². The lowest BCUT2D eigenvalue weighted by Crippen LogP contribution is -2.45. The second-order valence-electron chi connectivity index (χ2n) is 7.95. The lowest BCUT2D eigenvalue weighted by Gasteiger charge is -2.22. The highest BCUT2D eigenvalue weighted by Crippen LogP contribution is 2.17. The van der Waals surface area contributed by atoms with Crippen LogP contribution in [0.5, 0.6) is 0 Å². The Hall–Kier alpha value is -1.59. The van der Waals surface area contributed by atoms with Gasteiger partial charge in [0.2, 0.25) is 0 Å². The Bertz CT molecular complexity index is 510. The number of rotatable bonds is 17. The van der Waals surface area contributed by atoms with Crippen molar-refractivity contribution in [1.82, 2.24) is 10.6 Å². The maximum Gasteiger partial charge on any atom is 0.408 e. The van der Waals surface area contributed by atoms with Crippen LogP contribution in [0.4, 0.5) is 4.79 Å². The highest BCUT2D eigenvalue weighted by atomic mass is 16.6. The van der Waals surface area contributed by atoms with Crippen molar-refractivity contribution in [2.24, 2.45) is 5.92 Å². The molecule has 0 aromatic heterocycles. The van der Waals surface area contributed by atoms with E-state index in [9.17, 15) is 4.79 Å². The van der Waals surface area contributed by atoms with Crippen LogP contribution >= 0.6 is 0 Å². The molecule has 29 heavy (non-hydrogen) atoms. The SMILES string of the molecule is CCCCCCCCCCC(CNC(C)NC(=O)OCCO)Cc1ccccc1. The fraction of sp³-hybridized carbons (Fsp3) is 0.708. The third-order valence-corrected chi connectivity index (χ3v) is 5.20. The van der Waals surface area contributed by atoms with E-state index >= 15 is 0 Å². The van der Waals surface area contributed by atoms with Crippen LogP contribution in [0.15, 0.2) is 30.3 Å². The van der Waals surface area contributed by atoms with E-state index in [2.05, 4.69) is 47.9 Å². The summed E-state index contributed by atoms with van der Waals surface area (Å²) in [6, 6.07) is 10.6. The van der Waals surface area contributed by atoms with Crippen LogP contribution < -0.4 is 10.6 Å². The molecule has 1 rings (SSSR count). The quantitative estimate of drug-likeness (QED) is 0.251. The Kier molecular flexibility index (Phi) is 15.2. The predicted octanol–water partition coefficient (Wildman–Crippen LogP) is 5.03. The first-order chi connectivity index (χ1) is 14.2. The van der Waals surface area contributed by atoms with Gasteiger partial charge in [0.05, 0.1) is 12.8 Å². The molecular formula is C24H42N2O3. The highest BCUT2D eigenvalue weighted by Gasteiger charge is 2.13. The molecule has 0 saturated heterocycles. The largest absolute Gasteiger partial charge is 0.447 e. The maximum atomic E-state index is 11.6. The van der Waals surface area contributed by atoms with Gasteiger partial charge in [-0.2, -0.15) is 0 Å². The van der Waals surface area contributed by atoms with Crippen LogP contribution in [0.2, 0.25) is 0 Å². The van der Waals surface area contributed by atoms with Gasteiger partial charge < -0.3 is 15.2 Å². The number of benzene rings is 1. The molecule has 1 amide bonds. The summed E-state index contributed by atoms with van der Waals surface area (Å²) in [6.45, 7) is 4.89. The van der Waals surface area contributed by atoms with Crippen molar-refractivity contribution in [3.63, 3.8) is 0 Å². The van der Waals surface area contributed by atoms with E-state index in [0.717, 1.165) is 13.0 Å². The van der Waals surface area contributed by atoms with E-state index in [-0.39, 0.29) is 19.4 Å². The first kappa shape index (κ1) is 25.4. The van der Waals surface area contributed by atoms with Gasteiger partial charge in [0, 0.05) is 6.54 Å². The first-order valence-corrected chi connectivity index (χ1v) is 11.5. The van der Waals surface area contributed by atoms with Gasteiger partial charge in [0.25, 0.3) is 0 Å². The Morgan fingerprint density at radius 1 is 1.03 bits per heavy atom. The minimum Gasteiger partial charge on any atom is -0.447 e. The average molecular weight is 407 g/mol. The fourth-order valence-corrected chi connectivity index (χ4v) is 3.54. The standard InChI is InChI=1S/C24H42N2O3/c1-3-4-5-6-7-8-9-11-16-23(19-22-14-12-10-13-15-22)20-25-21(2)26-24(28)29-18-17-27/h10,12-15,21,23,25,27H,3-9,11,16-20H2,1-2H3,(H,26,28). The molecule has 0 radical (unpaired) electrons. The van der Waals surface area contributed by atoms with Gasteiger partial charge in [-0.3, -0.25) is 5.32 Å². The van der Waals surface area contributed by atoms with E-state index < -0.39 is 6.09 Å². The average Bonchev–Trinajstić information content (AvgIpc) is 2.73. The summed E-state index contributed by atoms with van der Waals surface area (Å²) in [7, 11) is 0. The molecule has 2 unspecified atom stereocenters. The molecule has 0 aliphatic rings. The van der Waals surface area contributed by atoms with Crippen molar-refractivity contribution in [2.75, 3.05) is 19.8 Å². The molecule has 5 nitrogen and oxygen atoms in total. The van der Waals surface area contributed by atoms with Gasteiger partial charge >= 0.3 is 6.09 Å². The summed E-state index contributed by atoms with van der Waals surface area (Å²) in [5.41, 5.74) is 1.36. The fourth-order valence-electron chi connectivity index (χ4n) is 3.54. The summed E-state index contributed by atoms with van der Waals surface area (Å²) in [5.74, 6) is 0.537. The van der Waals surface area contributed by atoms with Gasteiger partial charge in [-0.15, -0.1) is 0 Å². The summed E-state index contributed by atoms with van der Waals surface area (Å²) in [5, 5.41) is 14.9. The van der Waals surface area contributed by atoms with Crippen LogP contribution in [-0.2, 0) is 11.2 Å². The lowest BCUT2D eigenvalue weighted by molar-refractivity contribution is 0.115. The molecule has 0 spiro atoms. The molecule has 0 bridgehead atoms. The summed E-state index contributed by atoms with van der Waals surface area (Å²) in [4.78, 5) is 11.6. The van der Waals surface area contributed by atoms with E-state index in [4.69, 9.17) is 9.84 Å². The van der Waals surface area contributed by atoms with Gasteiger partial charge in [0.1, 0.15) is 6.61 Å². The molecule has 5 heteroatoms. The topological polar surface area (TPSA) is 70.6 Å². The molecule has 1 aromatic carbocycles. The molecule has 2 atom stereocenters. The molecule has 166 valence electrons. The van der Waals surface area contributed by atoms with Crippen molar-refractivity contribution in [1.29, 1.82) is 0 Å². The molecule has 0 aliphatic carbocycles. The van der Waals surface area contributed by atoms with Crippen molar-refractivity contribution >= 4 is 6.09 Å². The summed E-state index contributed by atoms with van der Waals surface area (Å²) >= 11 is 0. The first-order valence-electron chi connectivity index (χ1n) is 11.5. The second kappa shape index (κ2) is 17.3. The number of amides is 1. The number of aliphatic hydroxyl groups excluding tert-OH is 1. The third-order valence-electron chi connectivity index (χ3n) is 5.20. The molecule has 0 fully saturated rings. The van der Waals surface area contributed by atoms with Gasteiger partial charge in [-0.1, -0.05) is 88.6 Å². The number of nitrogens with one attached hydrogen (secondary N) is 2. The van der Waals surface area contributed by atoms with E-state index in [1.807, 2.05) is 6.92 Å². The Morgan fingerprint density at radius 3 is 2.34 bits per heavy atom. The van der Waals surface area contributed by atoms with Crippen LogP contribution in [0.25, 0.3) is 0 Å². The number of hydrogen-bond donors (Lipinski definition) is 3. The van der Waals surface area contributed by atoms with Gasteiger partial charge in [-0.25, -0.2) is 4.79 Å². The van der Waals surface area contributed by atoms with Gasteiger partial charge in [-0.05, 0) is 31.2 Å². The predicted molar refractivity (Wildman–Crippen MR) is 120 cm³/mol. The molecule has 0 aliphatic heterocycles. The van der Waals surface area contributed by atoms with Crippen molar-refractivity contribution in [3.05, 3.63) is 35.9 Å². The maximum absolute atomic E-state index is 11.6. The van der Waals surface area contributed by atoms with Crippen molar-refractivity contribution in [2.45, 2.75) is 84.2 Å². The Balaban J connectivity index is 2.34. The lowest BCUT2D eigenvalue weighted by atomic mass is 9.93. The van der Waals surface area contributed by atoms with Crippen molar-refractivity contribution < 1.29 is 14.6 Å².